The molecule has 2 fully saturated rings. The summed E-state index contributed by atoms with van der Waals surface area (Å²) in [5, 5.41) is 0. The van der Waals surface area contributed by atoms with E-state index in [1.54, 1.807) is 0 Å². The van der Waals surface area contributed by atoms with E-state index in [0.717, 1.165) is 32.1 Å². The third-order valence-electron chi connectivity index (χ3n) is 5.97. The van der Waals surface area contributed by atoms with E-state index < -0.39 is 0 Å². The highest BCUT2D eigenvalue weighted by Crippen LogP contribution is 2.46. The van der Waals surface area contributed by atoms with Gasteiger partial charge >= 0.3 is 0 Å². The Morgan fingerprint density at radius 2 is 1.11 bits per heavy atom. The Kier molecular flexibility index (Phi) is 7.80. The molecule has 4 nitrogen and oxygen atoms in total. The maximum absolute atomic E-state index is 6.23. The van der Waals surface area contributed by atoms with Crippen LogP contribution in [0, 0.1) is 5.92 Å². The second kappa shape index (κ2) is 9.11. The zero-order valence-corrected chi connectivity index (χ0v) is 19.0. The van der Waals surface area contributed by atoms with Gasteiger partial charge in [-0.05, 0) is 79.6 Å². The van der Waals surface area contributed by atoms with Crippen LogP contribution >= 0.6 is 0 Å². The summed E-state index contributed by atoms with van der Waals surface area (Å²) in [7, 11) is 0. The summed E-state index contributed by atoms with van der Waals surface area (Å²) >= 11 is 0. The standard InChI is InChI=1S/C23H44O4/c1-19(23(16-12-9-13-17-23)27-25-21(5,6)7)18-22(14-10-8-11-15-22)26-24-20(2,3)4/h19H,8-18H2,1-7H3. The quantitative estimate of drug-likeness (QED) is 0.353. The summed E-state index contributed by atoms with van der Waals surface area (Å²) in [5.41, 5.74) is -0.984. The van der Waals surface area contributed by atoms with Crippen LogP contribution < -0.4 is 0 Å². The highest BCUT2D eigenvalue weighted by Gasteiger charge is 2.46. The zero-order valence-electron chi connectivity index (χ0n) is 19.0. The molecule has 1 atom stereocenters. The molecule has 4 heteroatoms. The van der Waals surface area contributed by atoms with Crippen molar-refractivity contribution >= 4 is 0 Å². The van der Waals surface area contributed by atoms with Crippen molar-refractivity contribution in [2.75, 3.05) is 0 Å². The second-order valence-electron chi connectivity index (χ2n) is 11.0. The van der Waals surface area contributed by atoms with Crippen LogP contribution in [0.25, 0.3) is 0 Å². The van der Waals surface area contributed by atoms with Crippen LogP contribution in [0.15, 0.2) is 0 Å². The van der Waals surface area contributed by atoms with Gasteiger partial charge in [-0.3, -0.25) is 0 Å². The van der Waals surface area contributed by atoms with Gasteiger partial charge in [0, 0.05) is 0 Å². The fourth-order valence-corrected chi connectivity index (χ4v) is 4.49. The molecule has 1 unspecified atom stereocenters. The second-order valence-corrected chi connectivity index (χ2v) is 11.0. The van der Waals surface area contributed by atoms with Gasteiger partial charge in [0.25, 0.3) is 0 Å². The molecule has 0 heterocycles. The van der Waals surface area contributed by atoms with E-state index in [9.17, 15) is 0 Å². The van der Waals surface area contributed by atoms with Gasteiger partial charge in [0.15, 0.2) is 0 Å². The van der Waals surface area contributed by atoms with Gasteiger partial charge in [0.05, 0.1) is 11.2 Å². The molecule has 0 radical (unpaired) electrons. The van der Waals surface area contributed by atoms with E-state index in [0.29, 0.717) is 5.92 Å². The van der Waals surface area contributed by atoms with Crippen LogP contribution in [0.1, 0.15) is 119 Å². The number of rotatable bonds is 7. The van der Waals surface area contributed by atoms with Crippen LogP contribution in [-0.2, 0) is 19.6 Å². The van der Waals surface area contributed by atoms with E-state index in [2.05, 4.69) is 48.5 Å². The van der Waals surface area contributed by atoms with Crippen molar-refractivity contribution in [3.05, 3.63) is 0 Å². The van der Waals surface area contributed by atoms with Crippen molar-refractivity contribution in [2.24, 2.45) is 5.92 Å². The average molecular weight is 385 g/mol. The highest BCUT2D eigenvalue weighted by molar-refractivity contribution is 4.94. The van der Waals surface area contributed by atoms with Crippen molar-refractivity contribution in [3.8, 4) is 0 Å². The van der Waals surface area contributed by atoms with E-state index in [4.69, 9.17) is 19.6 Å². The summed E-state index contributed by atoms with van der Waals surface area (Å²) in [4.78, 5) is 24.1. The molecule has 0 N–H and O–H groups in total. The van der Waals surface area contributed by atoms with Crippen molar-refractivity contribution in [3.63, 3.8) is 0 Å². The molecule has 0 aromatic rings. The molecule has 27 heavy (non-hydrogen) atoms. The van der Waals surface area contributed by atoms with E-state index >= 15 is 0 Å². The lowest BCUT2D eigenvalue weighted by Crippen LogP contribution is -2.48. The van der Waals surface area contributed by atoms with Crippen molar-refractivity contribution in [1.82, 2.24) is 0 Å². The molecule has 0 amide bonds. The predicted molar refractivity (Wildman–Crippen MR) is 109 cm³/mol. The molecule has 0 aromatic heterocycles. The third kappa shape index (κ3) is 7.30. The fraction of sp³-hybridized carbons (Fsp3) is 1.00. The minimum atomic E-state index is -0.293. The molecule has 160 valence electrons. The predicted octanol–water partition coefficient (Wildman–Crippen LogP) is 6.91. The normalized spacial score (nSPS) is 24.6. The maximum atomic E-state index is 6.23. The Bertz CT molecular complexity index is 434. The molecule has 0 aliphatic heterocycles. The smallest absolute Gasteiger partial charge is 0.106 e. The largest absolute Gasteiger partial charge is 0.230 e. The first kappa shape index (κ1) is 23.1. The third-order valence-corrected chi connectivity index (χ3v) is 5.97. The first-order chi connectivity index (χ1) is 12.5. The zero-order chi connectivity index (χ0) is 20.2. The minimum Gasteiger partial charge on any atom is -0.230 e. The molecule has 0 spiro atoms. The minimum absolute atomic E-state index is 0.194. The Hall–Kier alpha value is -0.160. The van der Waals surface area contributed by atoms with Gasteiger partial charge < -0.3 is 0 Å². The molecule has 2 aliphatic rings. The lowest BCUT2D eigenvalue weighted by Gasteiger charge is -2.46. The van der Waals surface area contributed by atoms with Gasteiger partial charge in [-0.25, -0.2) is 19.6 Å². The van der Waals surface area contributed by atoms with Gasteiger partial charge in [-0.15, -0.1) is 0 Å². The fourth-order valence-electron chi connectivity index (χ4n) is 4.49. The van der Waals surface area contributed by atoms with Crippen LogP contribution in [0.2, 0.25) is 0 Å². The number of hydrogen-bond acceptors (Lipinski definition) is 4. The Labute approximate surface area is 167 Å². The molecular weight excluding hydrogens is 340 g/mol. The number of hydrogen-bond donors (Lipinski definition) is 0. The van der Waals surface area contributed by atoms with Crippen LogP contribution in [0.4, 0.5) is 0 Å². The van der Waals surface area contributed by atoms with E-state index in [-0.39, 0.29) is 22.4 Å². The summed E-state index contributed by atoms with van der Waals surface area (Å²) in [6, 6.07) is 0. The van der Waals surface area contributed by atoms with Gasteiger partial charge in [-0.2, -0.15) is 0 Å². The lowest BCUT2D eigenvalue weighted by atomic mass is 9.69. The van der Waals surface area contributed by atoms with Crippen molar-refractivity contribution < 1.29 is 19.6 Å². The first-order valence-corrected chi connectivity index (χ1v) is 11.2. The Balaban J connectivity index is 2.12. The molecular formula is C23H44O4. The van der Waals surface area contributed by atoms with Crippen molar-refractivity contribution in [1.29, 1.82) is 0 Å². The Morgan fingerprint density at radius 1 is 0.667 bits per heavy atom. The lowest BCUT2D eigenvalue weighted by molar-refractivity contribution is -0.431. The molecule has 2 rings (SSSR count). The monoisotopic (exact) mass is 384 g/mol. The topological polar surface area (TPSA) is 36.9 Å². The maximum Gasteiger partial charge on any atom is 0.106 e. The summed E-state index contributed by atoms with van der Waals surface area (Å²) in [6.07, 6.45) is 12.7. The molecule has 0 aromatic carbocycles. The first-order valence-electron chi connectivity index (χ1n) is 11.2. The SMILES string of the molecule is CC(CC1(OOC(C)(C)C)CCCCC1)C1(OOC(C)(C)C)CCCCC1. The van der Waals surface area contributed by atoms with Crippen LogP contribution in [-0.4, -0.2) is 22.4 Å². The summed E-state index contributed by atoms with van der Waals surface area (Å²) in [5.74, 6) is 0.363. The van der Waals surface area contributed by atoms with Crippen LogP contribution in [0.3, 0.4) is 0 Å². The summed E-state index contributed by atoms with van der Waals surface area (Å²) in [6.45, 7) is 14.6. The van der Waals surface area contributed by atoms with Gasteiger partial charge in [0.2, 0.25) is 0 Å². The van der Waals surface area contributed by atoms with Crippen LogP contribution in [0.5, 0.6) is 0 Å². The molecule has 2 saturated carbocycles. The van der Waals surface area contributed by atoms with Gasteiger partial charge in [0.1, 0.15) is 11.2 Å². The van der Waals surface area contributed by atoms with E-state index in [1.807, 2.05) is 0 Å². The van der Waals surface area contributed by atoms with Crippen molar-refractivity contribution in [2.45, 2.75) is 141 Å². The average Bonchev–Trinajstić information content (AvgIpc) is 2.59. The molecule has 2 aliphatic carbocycles. The van der Waals surface area contributed by atoms with E-state index in [1.165, 1.54) is 38.5 Å². The molecule has 0 saturated heterocycles. The Morgan fingerprint density at radius 3 is 1.59 bits per heavy atom. The molecule has 0 bridgehead atoms. The summed E-state index contributed by atoms with van der Waals surface area (Å²) < 4.78 is 0. The van der Waals surface area contributed by atoms with Gasteiger partial charge in [-0.1, -0.05) is 45.4 Å². The highest BCUT2D eigenvalue weighted by atomic mass is 17.2.